The minimum absolute atomic E-state index is 0.0507. The molecule has 0 bridgehead atoms. The molecule has 1 aromatic carbocycles. The fourth-order valence-corrected chi connectivity index (χ4v) is 3.22. The zero-order valence-electron chi connectivity index (χ0n) is 14.4. The summed E-state index contributed by atoms with van der Waals surface area (Å²) >= 11 is 0. The average molecular weight is 340 g/mol. The molecule has 0 unspecified atom stereocenters. The van der Waals surface area contributed by atoms with E-state index >= 15 is 0 Å². The van der Waals surface area contributed by atoms with Crippen molar-refractivity contribution < 1.29 is 14.1 Å². The Hall–Kier alpha value is -2.67. The quantitative estimate of drug-likeness (QED) is 0.775. The van der Waals surface area contributed by atoms with Crippen LogP contribution in [0, 0.1) is 13.8 Å². The summed E-state index contributed by atoms with van der Waals surface area (Å²) in [5.41, 5.74) is 2.70. The summed E-state index contributed by atoms with van der Waals surface area (Å²) in [7, 11) is 0. The largest absolute Gasteiger partial charge is 0.362 e. The second kappa shape index (κ2) is 6.00. The number of aromatic amines is 1. The summed E-state index contributed by atoms with van der Waals surface area (Å²) in [4.78, 5) is 22.2. The third kappa shape index (κ3) is 3.02. The molecule has 3 heterocycles. The standard InChI is InChI=1S/C18H20N4O3/c1-10-4-5-13-7-15(20-14(13)6-10)18(23)22-8-11(2)24-16(9-22)17-19-12(3)21-25-17/h4-7,11,16,20H,8-9H2,1-3H3/t11-,16-/m1/s1. The van der Waals surface area contributed by atoms with Gasteiger partial charge in [-0.05, 0) is 38.5 Å². The van der Waals surface area contributed by atoms with E-state index in [2.05, 4.69) is 15.1 Å². The van der Waals surface area contributed by atoms with Gasteiger partial charge in [0, 0.05) is 17.4 Å². The minimum atomic E-state index is -0.402. The Morgan fingerprint density at radius 2 is 2.12 bits per heavy atom. The Labute approximate surface area is 145 Å². The first-order valence-corrected chi connectivity index (χ1v) is 8.34. The number of aromatic nitrogens is 3. The lowest BCUT2D eigenvalue weighted by Gasteiger charge is -2.35. The molecule has 1 aliphatic heterocycles. The van der Waals surface area contributed by atoms with Crippen molar-refractivity contribution in [3.8, 4) is 0 Å². The van der Waals surface area contributed by atoms with Gasteiger partial charge >= 0.3 is 0 Å². The van der Waals surface area contributed by atoms with E-state index in [0.717, 1.165) is 16.5 Å². The van der Waals surface area contributed by atoms with Gasteiger partial charge in [-0.2, -0.15) is 4.98 Å². The van der Waals surface area contributed by atoms with Crippen molar-refractivity contribution >= 4 is 16.8 Å². The third-order valence-corrected chi connectivity index (χ3v) is 4.37. The second-order valence-corrected chi connectivity index (χ2v) is 6.60. The second-order valence-electron chi connectivity index (χ2n) is 6.60. The summed E-state index contributed by atoms with van der Waals surface area (Å²) in [5.74, 6) is 0.917. The number of carbonyl (C=O) groups excluding carboxylic acids is 1. The van der Waals surface area contributed by atoms with Gasteiger partial charge in [-0.3, -0.25) is 4.79 Å². The Morgan fingerprint density at radius 3 is 2.88 bits per heavy atom. The van der Waals surface area contributed by atoms with Crippen LogP contribution in [-0.2, 0) is 4.74 Å². The molecule has 0 saturated carbocycles. The molecule has 2 atom stereocenters. The van der Waals surface area contributed by atoms with Crippen molar-refractivity contribution in [2.24, 2.45) is 0 Å². The molecule has 7 nitrogen and oxygen atoms in total. The smallest absolute Gasteiger partial charge is 0.270 e. The summed E-state index contributed by atoms with van der Waals surface area (Å²) in [5, 5.41) is 4.83. The first-order valence-electron chi connectivity index (χ1n) is 8.34. The van der Waals surface area contributed by atoms with Crippen LogP contribution in [0.25, 0.3) is 10.9 Å². The van der Waals surface area contributed by atoms with Crippen LogP contribution in [-0.4, -0.2) is 45.1 Å². The first kappa shape index (κ1) is 15.8. The molecule has 1 amide bonds. The number of amides is 1. The minimum Gasteiger partial charge on any atom is -0.362 e. The molecule has 2 aromatic heterocycles. The third-order valence-electron chi connectivity index (χ3n) is 4.37. The normalized spacial score (nSPS) is 21.0. The molecule has 3 aromatic rings. The van der Waals surface area contributed by atoms with Gasteiger partial charge in [0.15, 0.2) is 11.9 Å². The van der Waals surface area contributed by atoms with E-state index < -0.39 is 6.10 Å². The van der Waals surface area contributed by atoms with E-state index in [1.807, 2.05) is 38.1 Å². The van der Waals surface area contributed by atoms with Gasteiger partial charge < -0.3 is 19.1 Å². The maximum absolute atomic E-state index is 13.0. The fourth-order valence-electron chi connectivity index (χ4n) is 3.22. The predicted octanol–water partition coefficient (Wildman–Crippen LogP) is 2.77. The summed E-state index contributed by atoms with van der Waals surface area (Å²) in [6, 6.07) is 7.99. The highest BCUT2D eigenvalue weighted by atomic mass is 16.5. The SMILES string of the molecule is Cc1ccc2cc(C(=O)N3C[C@@H](C)O[C@@H](c4nc(C)no4)C3)[nH]c2c1. The number of fused-ring (bicyclic) bond motifs is 1. The molecule has 25 heavy (non-hydrogen) atoms. The maximum atomic E-state index is 13.0. The van der Waals surface area contributed by atoms with Crippen LogP contribution in [0.4, 0.5) is 0 Å². The van der Waals surface area contributed by atoms with E-state index in [-0.39, 0.29) is 12.0 Å². The van der Waals surface area contributed by atoms with E-state index in [4.69, 9.17) is 9.26 Å². The lowest BCUT2D eigenvalue weighted by molar-refractivity contribution is -0.0811. The number of rotatable bonds is 2. The number of carbonyl (C=O) groups is 1. The van der Waals surface area contributed by atoms with Crippen LogP contribution in [0.1, 0.15) is 40.8 Å². The highest BCUT2D eigenvalue weighted by Gasteiger charge is 2.33. The number of morpholine rings is 1. The highest BCUT2D eigenvalue weighted by Crippen LogP contribution is 2.26. The molecule has 130 valence electrons. The molecule has 7 heteroatoms. The van der Waals surface area contributed by atoms with Crippen LogP contribution >= 0.6 is 0 Å². The number of aryl methyl sites for hydroxylation is 2. The molecule has 1 fully saturated rings. The van der Waals surface area contributed by atoms with E-state index in [1.165, 1.54) is 0 Å². The molecule has 0 spiro atoms. The van der Waals surface area contributed by atoms with Gasteiger partial charge in [-0.1, -0.05) is 17.3 Å². The Morgan fingerprint density at radius 1 is 1.28 bits per heavy atom. The van der Waals surface area contributed by atoms with Crippen LogP contribution in [0.2, 0.25) is 0 Å². The predicted molar refractivity (Wildman–Crippen MR) is 91.3 cm³/mol. The summed E-state index contributed by atoms with van der Waals surface area (Å²) in [6.07, 6.45) is -0.512. The molecule has 0 aliphatic carbocycles. The van der Waals surface area contributed by atoms with Gasteiger partial charge in [0.1, 0.15) is 5.69 Å². The van der Waals surface area contributed by atoms with Crippen molar-refractivity contribution in [1.29, 1.82) is 0 Å². The number of nitrogens with one attached hydrogen (secondary N) is 1. The van der Waals surface area contributed by atoms with E-state index in [0.29, 0.717) is 30.5 Å². The summed E-state index contributed by atoms with van der Waals surface area (Å²) < 4.78 is 11.1. The van der Waals surface area contributed by atoms with E-state index in [9.17, 15) is 4.79 Å². The molecule has 4 rings (SSSR count). The number of nitrogens with zero attached hydrogens (tertiary/aromatic N) is 3. The zero-order chi connectivity index (χ0) is 17.6. The Bertz CT molecular complexity index is 929. The van der Waals surface area contributed by atoms with E-state index in [1.54, 1.807) is 11.8 Å². The zero-order valence-corrected chi connectivity index (χ0v) is 14.4. The number of hydrogen-bond acceptors (Lipinski definition) is 5. The van der Waals surface area contributed by atoms with Gasteiger partial charge in [-0.15, -0.1) is 0 Å². The van der Waals surface area contributed by atoms with Crippen LogP contribution in [0.3, 0.4) is 0 Å². The monoisotopic (exact) mass is 340 g/mol. The average Bonchev–Trinajstić information content (AvgIpc) is 3.19. The van der Waals surface area contributed by atoms with Crippen molar-refractivity contribution in [2.75, 3.05) is 13.1 Å². The topological polar surface area (TPSA) is 84.2 Å². The summed E-state index contributed by atoms with van der Waals surface area (Å²) in [6.45, 7) is 6.64. The van der Waals surface area contributed by atoms with Gasteiger partial charge in [-0.25, -0.2) is 0 Å². The first-order chi connectivity index (χ1) is 12.0. The molecule has 1 saturated heterocycles. The van der Waals surface area contributed by atoms with Gasteiger partial charge in [0.05, 0.1) is 12.6 Å². The van der Waals surface area contributed by atoms with Gasteiger partial charge in [0.25, 0.3) is 11.8 Å². The van der Waals surface area contributed by atoms with Crippen LogP contribution < -0.4 is 0 Å². The molecule has 1 aliphatic rings. The fraction of sp³-hybridized carbons (Fsp3) is 0.389. The molecular formula is C18H20N4O3. The maximum Gasteiger partial charge on any atom is 0.270 e. The number of benzene rings is 1. The lowest BCUT2D eigenvalue weighted by atomic mass is 10.2. The molecule has 0 radical (unpaired) electrons. The van der Waals surface area contributed by atoms with Gasteiger partial charge in [0.2, 0.25) is 0 Å². The number of hydrogen-bond donors (Lipinski definition) is 1. The lowest BCUT2D eigenvalue weighted by Crippen LogP contribution is -2.46. The number of ether oxygens (including phenoxy) is 1. The van der Waals surface area contributed by atoms with Crippen LogP contribution in [0.15, 0.2) is 28.8 Å². The highest BCUT2D eigenvalue weighted by molar-refractivity contribution is 5.98. The van der Waals surface area contributed by atoms with Crippen molar-refractivity contribution in [3.63, 3.8) is 0 Å². The molecular weight excluding hydrogens is 320 g/mol. The van der Waals surface area contributed by atoms with Crippen molar-refractivity contribution in [1.82, 2.24) is 20.0 Å². The van der Waals surface area contributed by atoms with Crippen LogP contribution in [0.5, 0.6) is 0 Å². The van der Waals surface area contributed by atoms with Crippen molar-refractivity contribution in [3.05, 3.63) is 47.2 Å². The Balaban J connectivity index is 1.59. The Kier molecular flexibility index (Phi) is 3.80. The molecule has 1 N–H and O–H groups in total. The number of H-pyrrole nitrogens is 1. The van der Waals surface area contributed by atoms with Crippen molar-refractivity contribution in [2.45, 2.75) is 33.0 Å².